The van der Waals surface area contributed by atoms with Gasteiger partial charge in [-0.05, 0) is 12.8 Å². The predicted molar refractivity (Wildman–Crippen MR) is 54.5 cm³/mol. The number of Topliss-reactive ketones (excluding diaryl/α,β-unsaturated/α-hetero) is 1. The van der Waals surface area contributed by atoms with Crippen molar-refractivity contribution in [3.05, 3.63) is 0 Å². The Bertz CT molecular complexity index is 197. The molecular formula is C11H21NO. The molecule has 0 aliphatic heterocycles. The van der Waals surface area contributed by atoms with Gasteiger partial charge in [0.25, 0.3) is 0 Å². The second-order valence-corrected chi connectivity index (χ2v) is 5.42. The van der Waals surface area contributed by atoms with Crippen molar-refractivity contribution in [1.82, 2.24) is 0 Å². The van der Waals surface area contributed by atoms with Crippen LogP contribution in [0.25, 0.3) is 0 Å². The largest absolute Gasteiger partial charge is 0.325 e. The first-order valence-corrected chi connectivity index (χ1v) is 5.16. The molecule has 0 aromatic carbocycles. The lowest BCUT2D eigenvalue weighted by Crippen LogP contribution is -2.41. The van der Waals surface area contributed by atoms with Crippen LogP contribution >= 0.6 is 0 Å². The van der Waals surface area contributed by atoms with Crippen molar-refractivity contribution in [3.8, 4) is 0 Å². The van der Waals surface area contributed by atoms with Crippen LogP contribution in [0.4, 0.5) is 0 Å². The summed E-state index contributed by atoms with van der Waals surface area (Å²) in [6.45, 7) is 5.90. The lowest BCUT2D eigenvalue weighted by atomic mass is 9.81. The van der Waals surface area contributed by atoms with E-state index in [0.717, 1.165) is 12.8 Å². The summed E-state index contributed by atoms with van der Waals surface area (Å²) in [6.07, 6.45) is 4.99. The molecule has 0 spiro atoms. The Morgan fingerprint density at radius 1 is 1.31 bits per heavy atom. The Kier molecular flexibility index (Phi) is 2.81. The first-order chi connectivity index (χ1) is 5.83. The third kappa shape index (κ3) is 2.80. The second kappa shape index (κ2) is 3.41. The number of hydrogen-bond acceptors (Lipinski definition) is 2. The van der Waals surface area contributed by atoms with Crippen molar-refractivity contribution in [1.29, 1.82) is 0 Å². The van der Waals surface area contributed by atoms with Crippen LogP contribution in [0.1, 0.15) is 52.9 Å². The third-order valence-electron chi connectivity index (χ3n) is 2.95. The van der Waals surface area contributed by atoms with E-state index in [1.54, 1.807) is 0 Å². The number of carbonyl (C=O) groups excluding carboxylic acids is 1. The highest BCUT2D eigenvalue weighted by Crippen LogP contribution is 2.32. The van der Waals surface area contributed by atoms with Crippen molar-refractivity contribution < 1.29 is 4.79 Å². The SMILES string of the molecule is CC(C)(C)C(=O)CC1(N)CCCC1. The van der Waals surface area contributed by atoms with Gasteiger partial charge < -0.3 is 5.73 Å². The molecule has 1 fully saturated rings. The highest BCUT2D eigenvalue weighted by molar-refractivity contribution is 5.84. The Labute approximate surface area is 80.9 Å². The van der Waals surface area contributed by atoms with E-state index in [1.807, 2.05) is 20.8 Å². The van der Waals surface area contributed by atoms with Gasteiger partial charge in [-0.1, -0.05) is 33.6 Å². The number of carbonyl (C=O) groups is 1. The molecule has 0 saturated heterocycles. The molecule has 0 bridgehead atoms. The van der Waals surface area contributed by atoms with E-state index in [1.165, 1.54) is 12.8 Å². The fraction of sp³-hybridized carbons (Fsp3) is 0.909. The van der Waals surface area contributed by atoms with Gasteiger partial charge in [0, 0.05) is 17.4 Å². The van der Waals surface area contributed by atoms with Gasteiger partial charge in [-0.15, -0.1) is 0 Å². The molecular weight excluding hydrogens is 162 g/mol. The molecule has 0 heterocycles. The van der Waals surface area contributed by atoms with Gasteiger partial charge in [-0.25, -0.2) is 0 Å². The molecule has 76 valence electrons. The van der Waals surface area contributed by atoms with Crippen molar-refractivity contribution in [2.45, 2.75) is 58.4 Å². The topological polar surface area (TPSA) is 43.1 Å². The minimum Gasteiger partial charge on any atom is -0.325 e. The van der Waals surface area contributed by atoms with Crippen LogP contribution in [-0.4, -0.2) is 11.3 Å². The smallest absolute Gasteiger partial charge is 0.140 e. The fourth-order valence-corrected chi connectivity index (χ4v) is 1.84. The quantitative estimate of drug-likeness (QED) is 0.713. The zero-order valence-corrected chi connectivity index (χ0v) is 9.02. The van der Waals surface area contributed by atoms with Crippen molar-refractivity contribution in [2.75, 3.05) is 0 Å². The van der Waals surface area contributed by atoms with Crippen LogP contribution in [0.15, 0.2) is 0 Å². The van der Waals surface area contributed by atoms with Crippen LogP contribution < -0.4 is 5.73 Å². The Balaban J connectivity index is 2.53. The summed E-state index contributed by atoms with van der Waals surface area (Å²) in [7, 11) is 0. The van der Waals surface area contributed by atoms with Gasteiger partial charge in [-0.3, -0.25) is 4.79 Å². The van der Waals surface area contributed by atoms with Crippen LogP contribution in [0.2, 0.25) is 0 Å². The first-order valence-electron chi connectivity index (χ1n) is 5.16. The molecule has 1 rings (SSSR count). The van der Waals surface area contributed by atoms with Crippen LogP contribution in [-0.2, 0) is 4.79 Å². The van der Waals surface area contributed by atoms with Gasteiger partial charge in [-0.2, -0.15) is 0 Å². The standard InChI is InChI=1S/C11H21NO/c1-10(2,3)9(13)8-11(12)6-4-5-7-11/h4-8,12H2,1-3H3. The molecule has 0 amide bonds. The molecule has 0 atom stereocenters. The van der Waals surface area contributed by atoms with Gasteiger partial charge >= 0.3 is 0 Å². The number of nitrogens with two attached hydrogens (primary N) is 1. The maximum atomic E-state index is 11.7. The zero-order valence-electron chi connectivity index (χ0n) is 9.02. The van der Waals surface area contributed by atoms with Crippen molar-refractivity contribution in [3.63, 3.8) is 0 Å². The summed E-state index contributed by atoms with van der Waals surface area (Å²) in [5.74, 6) is 0.303. The molecule has 1 saturated carbocycles. The Morgan fingerprint density at radius 2 is 1.77 bits per heavy atom. The monoisotopic (exact) mass is 183 g/mol. The lowest BCUT2D eigenvalue weighted by molar-refractivity contribution is -0.127. The first kappa shape index (κ1) is 10.7. The highest BCUT2D eigenvalue weighted by Gasteiger charge is 2.34. The molecule has 2 N–H and O–H groups in total. The number of rotatable bonds is 2. The van der Waals surface area contributed by atoms with Crippen molar-refractivity contribution >= 4 is 5.78 Å². The molecule has 2 heteroatoms. The van der Waals surface area contributed by atoms with Gasteiger partial charge in [0.15, 0.2) is 0 Å². The van der Waals surface area contributed by atoms with E-state index in [2.05, 4.69) is 0 Å². The van der Waals surface area contributed by atoms with E-state index in [9.17, 15) is 4.79 Å². The van der Waals surface area contributed by atoms with Crippen molar-refractivity contribution in [2.24, 2.45) is 11.1 Å². The summed E-state index contributed by atoms with van der Waals surface area (Å²) in [5.41, 5.74) is 5.73. The van der Waals surface area contributed by atoms with E-state index >= 15 is 0 Å². The van der Waals surface area contributed by atoms with E-state index in [4.69, 9.17) is 5.73 Å². The zero-order chi connectivity index (χ0) is 10.1. The minimum atomic E-state index is -0.227. The summed E-state index contributed by atoms with van der Waals surface area (Å²) >= 11 is 0. The van der Waals surface area contributed by atoms with E-state index in [-0.39, 0.29) is 11.0 Å². The molecule has 0 unspecified atom stereocenters. The minimum absolute atomic E-state index is 0.176. The molecule has 2 nitrogen and oxygen atoms in total. The summed E-state index contributed by atoms with van der Waals surface area (Å²) in [5, 5.41) is 0. The third-order valence-corrected chi connectivity index (χ3v) is 2.95. The predicted octanol–water partition coefficient (Wildman–Crippen LogP) is 2.26. The number of ketones is 1. The average molecular weight is 183 g/mol. The van der Waals surface area contributed by atoms with Crippen LogP contribution in [0.5, 0.6) is 0 Å². The van der Waals surface area contributed by atoms with Crippen LogP contribution in [0, 0.1) is 5.41 Å². The summed E-state index contributed by atoms with van der Waals surface area (Å²) in [4.78, 5) is 11.7. The summed E-state index contributed by atoms with van der Waals surface area (Å²) < 4.78 is 0. The molecule has 1 aliphatic rings. The molecule has 0 radical (unpaired) electrons. The molecule has 1 aliphatic carbocycles. The maximum Gasteiger partial charge on any atom is 0.140 e. The molecule has 13 heavy (non-hydrogen) atoms. The highest BCUT2D eigenvalue weighted by atomic mass is 16.1. The average Bonchev–Trinajstić information content (AvgIpc) is 2.33. The van der Waals surface area contributed by atoms with Gasteiger partial charge in [0.1, 0.15) is 5.78 Å². The molecule has 0 aromatic rings. The Morgan fingerprint density at radius 3 is 2.15 bits per heavy atom. The number of hydrogen-bond donors (Lipinski definition) is 1. The van der Waals surface area contributed by atoms with Gasteiger partial charge in [0.05, 0.1) is 0 Å². The molecule has 0 aromatic heterocycles. The normalized spacial score (nSPS) is 21.8. The van der Waals surface area contributed by atoms with Gasteiger partial charge in [0.2, 0.25) is 0 Å². The fourth-order valence-electron chi connectivity index (χ4n) is 1.84. The Hall–Kier alpha value is -0.370. The summed E-state index contributed by atoms with van der Waals surface area (Å²) in [6, 6.07) is 0. The second-order valence-electron chi connectivity index (χ2n) is 5.42. The van der Waals surface area contributed by atoms with E-state index < -0.39 is 0 Å². The van der Waals surface area contributed by atoms with Crippen LogP contribution in [0.3, 0.4) is 0 Å². The van der Waals surface area contributed by atoms with E-state index in [0.29, 0.717) is 12.2 Å². The maximum absolute atomic E-state index is 11.7. The lowest BCUT2D eigenvalue weighted by Gasteiger charge is -2.27.